The molecule has 5 aliphatic rings. The highest BCUT2D eigenvalue weighted by atomic mass is 16.5. The van der Waals surface area contributed by atoms with Crippen molar-refractivity contribution in [1.29, 1.82) is 0 Å². The molecule has 296 valence electrons. The molecule has 2 unspecified atom stereocenters. The van der Waals surface area contributed by atoms with Crippen LogP contribution in [-0.4, -0.2) is 52.6 Å². The Bertz CT molecular complexity index is 2920. The summed E-state index contributed by atoms with van der Waals surface area (Å²) in [6.07, 6.45) is 9.24. The van der Waals surface area contributed by atoms with Crippen molar-refractivity contribution in [2.75, 3.05) is 62.4 Å². The van der Waals surface area contributed by atoms with Crippen molar-refractivity contribution in [3.63, 3.8) is 0 Å². The third-order valence-corrected chi connectivity index (χ3v) is 13.4. The Hall–Kier alpha value is -6.34. The average molecular weight is 787 g/mol. The fourth-order valence-electron chi connectivity index (χ4n) is 10.5. The van der Waals surface area contributed by atoms with Crippen LogP contribution in [0.3, 0.4) is 0 Å². The Kier molecular flexibility index (Phi) is 8.07. The lowest BCUT2D eigenvalue weighted by atomic mass is 9.79. The van der Waals surface area contributed by atoms with Crippen LogP contribution in [0.4, 0.5) is 11.4 Å². The summed E-state index contributed by atoms with van der Waals surface area (Å²) in [7, 11) is 0. The molecule has 2 atom stereocenters. The summed E-state index contributed by atoms with van der Waals surface area (Å²) in [6.45, 7) is 10.7. The predicted molar refractivity (Wildman–Crippen MR) is 243 cm³/mol. The molecule has 6 nitrogen and oxygen atoms in total. The molecule has 0 bridgehead atoms. The van der Waals surface area contributed by atoms with Crippen molar-refractivity contribution in [3.8, 4) is 22.6 Å². The van der Waals surface area contributed by atoms with Crippen LogP contribution in [0.1, 0.15) is 44.5 Å². The highest BCUT2D eigenvalue weighted by Gasteiger charge is 2.50. The molecule has 7 aromatic carbocycles. The normalized spacial score (nSPS) is 21.4. The first-order valence-electron chi connectivity index (χ1n) is 21.4. The second-order valence-corrected chi connectivity index (χ2v) is 16.9. The van der Waals surface area contributed by atoms with Crippen LogP contribution in [0.15, 0.2) is 133 Å². The SMILES string of the molecule is Cc1ccc2c(c1)C1(C=Cc3c(cc(N4CCOCC4)c4ccccc34)O1)c1c3c(c4cc(C)ccc4c1-2)OC(c1ccccc1)(c1ccc(N2CCOCC2)cc1)C=C3. The molecule has 0 aromatic heterocycles. The molecule has 0 amide bonds. The molecule has 6 heteroatoms. The van der Waals surface area contributed by atoms with E-state index in [0.717, 1.165) is 95.0 Å². The van der Waals surface area contributed by atoms with E-state index in [1.54, 1.807) is 0 Å². The molecule has 60 heavy (non-hydrogen) atoms. The van der Waals surface area contributed by atoms with E-state index >= 15 is 0 Å². The van der Waals surface area contributed by atoms with Gasteiger partial charge in [-0.1, -0.05) is 114 Å². The average Bonchev–Trinajstić information content (AvgIpc) is 3.57. The zero-order chi connectivity index (χ0) is 40.0. The van der Waals surface area contributed by atoms with Gasteiger partial charge in [-0.2, -0.15) is 0 Å². The van der Waals surface area contributed by atoms with Crippen LogP contribution in [0.25, 0.3) is 44.8 Å². The van der Waals surface area contributed by atoms with E-state index in [2.05, 4.69) is 169 Å². The molecule has 2 fully saturated rings. The first kappa shape index (κ1) is 35.6. The van der Waals surface area contributed by atoms with Crippen LogP contribution in [-0.2, 0) is 20.7 Å². The molecule has 0 radical (unpaired) electrons. The number of fused-ring (bicyclic) bond motifs is 13. The van der Waals surface area contributed by atoms with Crippen LogP contribution >= 0.6 is 0 Å². The lowest BCUT2D eigenvalue weighted by Gasteiger charge is -2.40. The summed E-state index contributed by atoms with van der Waals surface area (Å²) in [6, 6.07) is 44.4. The van der Waals surface area contributed by atoms with Gasteiger partial charge in [-0.3, -0.25) is 0 Å². The Morgan fingerprint density at radius 3 is 1.95 bits per heavy atom. The van der Waals surface area contributed by atoms with Gasteiger partial charge in [-0.05, 0) is 72.2 Å². The number of benzene rings is 7. The van der Waals surface area contributed by atoms with Gasteiger partial charge in [-0.15, -0.1) is 0 Å². The number of aryl methyl sites for hydroxylation is 2. The molecule has 12 rings (SSSR count). The highest BCUT2D eigenvalue weighted by Crippen LogP contribution is 2.61. The van der Waals surface area contributed by atoms with Crippen molar-refractivity contribution < 1.29 is 18.9 Å². The summed E-state index contributed by atoms with van der Waals surface area (Å²) >= 11 is 0. The number of nitrogens with zero attached hydrogens (tertiary/aromatic N) is 2. The standard InChI is InChI=1S/C54H46N2O4/c1-35-12-18-43-46(32-35)52-45(21-22-53(60-52,37-8-4-3-5-9-37)38-14-16-39(17-15-38)55-24-28-57-29-25-55)51-50(43)44-19-13-36(2)33-47(44)54(51)23-20-42-40-10-6-7-11-41(40)48(34-49(42)59-54)56-26-30-58-31-27-56/h3-23,32-34H,24-31H2,1-2H3. The van der Waals surface area contributed by atoms with E-state index in [1.807, 2.05) is 0 Å². The third kappa shape index (κ3) is 5.27. The van der Waals surface area contributed by atoms with E-state index < -0.39 is 11.2 Å². The van der Waals surface area contributed by atoms with Crippen molar-refractivity contribution in [3.05, 3.63) is 178 Å². The Morgan fingerprint density at radius 2 is 1.17 bits per heavy atom. The van der Waals surface area contributed by atoms with E-state index in [0.29, 0.717) is 13.2 Å². The maximum atomic E-state index is 7.73. The van der Waals surface area contributed by atoms with Crippen molar-refractivity contribution >= 4 is 45.1 Å². The smallest absolute Gasteiger partial charge is 0.180 e. The quantitative estimate of drug-likeness (QED) is 0.177. The van der Waals surface area contributed by atoms with Crippen LogP contribution in [0.5, 0.6) is 11.5 Å². The molecule has 4 heterocycles. The fourth-order valence-corrected chi connectivity index (χ4v) is 10.5. The molecule has 4 aliphatic heterocycles. The van der Waals surface area contributed by atoms with E-state index in [1.165, 1.54) is 44.4 Å². The Morgan fingerprint density at radius 1 is 0.517 bits per heavy atom. The zero-order valence-corrected chi connectivity index (χ0v) is 34.0. The predicted octanol–water partition coefficient (Wildman–Crippen LogP) is 11.0. The number of morpholine rings is 2. The van der Waals surface area contributed by atoms with Gasteiger partial charge in [0.25, 0.3) is 0 Å². The zero-order valence-electron chi connectivity index (χ0n) is 34.0. The minimum absolute atomic E-state index is 0.712. The maximum Gasteiger partial charge on any atom is 0.180 e. The molecule has 7 aromatic rings. The molecular formula is C54H46N2O4. The lowest BCUT2D eigenvalue weighted by Crippen LogP contribution is -2.38. The van der Waals surface area contributed by atoms with Crippen LogP contribution in [0, 0.1) is 13.8 Å². The van der Waals surface area contributed by atoms with Gasteiger partial charge in [0.15, 0.2) is 11.2 Å². The summed E-state index contributed by atoms with van der Waals surface area (Å²) in [4.78, 5) is 4.85. The van der Waals surface area contributed by atoms with Gasteiger partial charge in [0.05, 0.1) is 26.4 Å². The van der Waals surface area contributed by atoms with Gasteiger partial charge >= 0.3 is 0 Å². The van der Waals surface area contributed by atoms with E-state index in [-0.39, 0.29) is 0 Å². The first-order valence-corrected chi connectivity index (χ1v) is 21.4. The van der Waals surface area contributed by atoms with Gasteiger partial charge in [0.1, 0.15) is 11.5 Å². The second-order valence-electron chi connectivity index (χ2n) is 16.9. The molecular weight excluding hydrogens is 741 g/mol. The minimum atomic E-state index is -0.905. The fraction of sp³-hybridized carbons (Fsp3) is 0.222. The van der Waals surface area contributed by atoms with Crippen LogP contribution in [0.2, 0.25) is 0 Å². The Labute approximate surface area is 350 Å². The summed E-state index contributed by atoms with van der Waals surface area (Å²) in [5.74, 6) is 1.76. The summed E-state index contributed by atoms with van der Waals surface area (Å²) in [5, 5.41) is 4.68. The largest absolute Gasteiger partial charge is 0.473 e. The summed E-state index contributed by atoms with van der Waals surface area (Å²) < 4.78 is 26.9. The van der Waals surface area contributed by atoms with Gasteiger partial charge in [0, 0.05) is 87.8 Å². The number of anilines is 2. The number of rotatable bonds is 4. The first-order chi connectivity index (χ1) is 29.5. The van der Waals surface area contributed by atoms with E-state index in [9.17, 15) is 0 Å². The second kappa shape index (κ2) is 13.6. The van der Waals surface area contributed by atoms with E-state index in [4.69, 9.17) is 18.9 Å². The minimum Gasteiger partial charge on any atom is -0.473 e. The molecule has 2 saturated heterocycles. The highest BCUT2D eigenvalue weighted by molar-refractivity contribution is 6.10. The van der Waals surface area contributed by atoms with Crippen molar-refractivity contribution in [2.24, 2.45) is 0 Å². The Balaban J connectivity index is 1.09. The monoisotopic (exact) mass is 786 g/mol. The number of ether oxygens (including phenoxy) is 4. The number of hydrogen-bond acceptors (Lipinski definition) is 6. The maximum absolute atomic E-state index is 7.73. The lowest BCUT2D eigenvalue weighted by molar-refractivity contribution is 0.122. The summed E-state index contributed by atoms with van der Waals surface area (Å²) in [5.41, 5.74) is 12.0. The molecule has 1 aliphatic carbocycles. The topological polar surface area (TPSA) is 43.4 Å². The van der Waals surface area contributed by atoms with Gasteiger partial charge < -0.3 is 28.7 Å². The molecule has 1 spiro atoms. The van der Waals surface area contributed by atoms with Crippen LogP contribution < -0.4 is 19.3 Å². The molecule has 0 saturated carbocycles. The van der Waals surface area contributed by atoms with Gasteiger partial charge in [-0.25, -0.2) is 0 Å². The number of hydrogen-bond donors (Lipinski definition) is 0. The molecule has 0 N–H and O–H groups in total. The van der Waals surface area contributed by atoms with Crippen molar-refractivity contribution in [1.82, 2.24) is 0 Å². The van der Waals surface area contributed by atoms with Gasteiger partial charge in [0.2, 0.25) is 0 Å². The van der Waals surface area contributed by atoms with Crippen molar-refractivity contribution in [2.45, 2.75) is 25.0 Å². The third-order valence-electron chi connectivity index (χ3n) is 13.4.